The van der Waals surface area contributed by atoms with Crippen LogP contribution in [0.25, 0.3) is 0 Å². The number of rotatable bonds is 2. The number of piperidine rings is 1. The Bertz CT molecular complexity index is 577. The average molecular weight is 290 g/mol. The van der Waals surface area contributed by atoms with Gasteiger partial charge in [0.1, 0.15) is 0 Å². The maximum atomic E-state index is 13.2. The molecule has 2 atom stereocenters. The van der Waals surface area contributed by atoms with E-state index in [1.807, 2.05) is 0 Å². The molecule has 0 bridgehead atoms. The summed E-state index contributed by atoms with van der Waals surface area (Å²) in [7, 11) is -3.80. The molecule has 1 aliphatic rings. The highest BCUT2D eigenvalue weighted by Gasteiger charge is 2.33. The highest BCUT2D eigenvalue weighted by molar-refractivity contribution is 7.89. The van der Waals surface area contributed by atoms with Crippen molar-refractivity contribution in [2.24, 2.45) is 5.73 Å². The van der Waals surface area contributed by atoms with Crippen molar-refractivity contribution in [3.8, 4) is 0 Å². The van der Waals surface area contributed by atoms with Crippen molar-refractivity contribution in [1.82, 2.24) is 4.31 Å². The molecule has 0 amide bonds. The Hall–Kier alpha value is -1.05. The van der Waals surface area contributed by atoms with Gasteiger partial charge in [-0.1, -0.05) is 0 Å². The first-order valence-electron chi connectivity index (χ1n) is 6.05. The van der Waals surface area contributed by atoms with Gasteiger partial charge in [0.25, 0.3) is 0 Å². The molecule has 1 saturated heterocycles. The topological polar surface area (TPSA) is 63.4 Å². The normalized spacial score (nSPS) is 25.5. The SMILES string of the molecule is C[C@H]1C[C@@H](N)CCN1S(=O)(=O)c1ccc(F)c(F)c1. The van der Waals surface area contributed by atoms with E-state index in [0.29, 0.717) is 25.5 Å². The van der Waals surface area contributed by atoms with E-state index in [4.69, 9.17) is 5.73 Å². The average Bonchev–Trinajstić information content (AvgIpc) is 2.32. The second-order valence-corrected chi connectivity index (χ2v) is 6.72. The molecule has 106 valence electrons. The Kier molecular flexibility index (Phi) is 3.89. The van der Waals surface area contributed by atoms with Crippen molar-refractivity contribution in [3.05, 3.63) is 29.8 Å². The van der Waals surface area contributed by atoms with Crippen LogP contribution >= 0.6 is 0 Å². The molecule has 1 aliphatic heterocycles. The summed E-state index contributed by atoms with van der Waals surface area (Å²) in [6.07, 6.45) is 1.12. The molecule has 0 aromatic heterocycles. The van der Waals surface area contributed by atoms with Gasteiger partial charge in [0.15, 0.2) is 11.6 Å². The van der Waals surface area contributed by atoms with Gasteiger partial charge in [-0.25, -0.2) is 17.2 Å². The van der Waals surface area contributed by atoms with Crippen LogP contribution in [-0.2, 0) is 10.0 Å². The fourth-order valence-electron chi connectivity index (χ4n) is 2.32. The lowest BCUT2D eigenvalue weighted by Crippen LogP contribution is -2.48. The van der Waals surface area contributed by atoms with Crippen LogP contribution in [0.5, 0.6) is 0 Å². The van der Waals surface area contributed by atoms with Crippen molar-refractivity contribution in [2.45, 2.75) is 36.7 Å². The van der Waals surface area contributed by atoms with E-state index in [1.165, 1.54) is 4.31 Å². The second kappa shape index (κ2) is 5.15. The fraction of sp³-hybridized carbons (Fsp3) is 0.500. The summed E-state index contributed by atoms with van der Waals surface area (Å²) in [5.74, 6) is -2.23. The van der Waals surface area contributed by atoms with Gasteiger partial charge < -0.3 is 5.73 Å². The van der Waals surface area contributed by atoms with Gasteiger partial charge in [0.2, 0.25) is 10.0 Å². The minimum atomic E-state index is -3.80. The molecular formula is C12H16F2N2O2S. The molecule has 1 fully saturated rings. The van der Waals surface area contributed by atoms with Crippen LogP contribution in [-0.4, -0.2) is 31.4 Å². The lowest BCUT2D eigenvalue weighted by molar-refractivity contribution is 0.247. The first kappa shape index (κ1) is 14.4. The largest absolute Gasteiger partial charge is 0.328 e. The standard InChI is InChI=1S/C12H16F2N2O2S/c1-8-6-9(15)4-5-16(8)19(17,18)10-2-3-11(13)12(14)7-10/h2-3,7-9H,4-6,15H2,1H3/t8-,9-/m0/s1. The summed E-state index contributed by atoms with van der Waals surface area (Å²) >= 11 is 0. The smallest absolute Gasteiger partial charge is 0.243 e. The van der Waals surface area contributed by atoms with E-state index in [-0.39, 0.29) is 17.0 Å². The van der Waals surface area contributed by atoms with Crippen molar-refractivity contribution in [1.29, 1.82) is 0 Å². The molecule has 1 aromatic carbocycles. The molecule has 4 nitrogen and oxygen atoms in total. The van der Waals surface area contributed by atoms with Crippen LogP contribution in [0.1, 0.15) is 19.8 Å². The maximum Gasteiger partial charge on any atom is 0.243 e. The quantitative estimate of drug-likeness (QED) is 0.897. The zero-order valence-corrected chi connectivity index (χ0v) is 11.3. The third-order valence-corrected chi connectivity index (χ3v) is 5.36. The third-order valence-electron chi connectivity index (χ3n) is 3.35. The minimum Gasteiger partial charge on any atom is -0.328 e. The Morgan fingerprint density at radius 2 is 2.00 bits per heavy atom. The number of benzene rings is 1. The predicted octanol–water partition coefficient (Wildman–Crippen LogP) is 1.47. The molecule has 2 N–H and O–H groups in total. The molecular weight excluding hydrogens is 274 g/mol. The van der Waals surface area contributed by atoms with Gasteiger partial charge in [-0.2, -0.15) is 4.31 Å². The zero-order valence-electron chi connectivity index (χ0n) is 10.5. The Morgan fingerprint density at radius 1 is 1.32 bits per heavy atom. The first-order chi connectivity index (χ1) is 8.82. The summed E-state index contributed by atoms with van der Waals surface area (Å²) in [5, 5.41) is 0. The molecule has 7 heteroatoms. The highest BCUT2D eigenvalue weighted by atomic mass is 32.2. The van der Waals surface area contributed by atoms with Crippen molar-refractivity contribution >= 4 is 10.0 Å². The zero-order chi connectivity index (χ0) is 14.2. The molecule has 0 aliphatic carbocycles. The van der Waals surface area contributed by atoms with E-state index in [9.17, 15) is 17.2 Å². The summed E-state index contributed by atoms with van der Waals surface area (Å²) < 4.78 is 52.0. The number of hydrogen-bond acceptors (Lipinski definition) is 3. The molecule has 0 unspecified atom stereocenters. The van der Waals surface area contributed by atoms with Crippen molar-refractivity contribution in [2.75, 3.05) is 6.54 Å². The Morgan fingerprint density at radius 3 is 2.58 bits per heavy atom. The lowest BCUT2D eigenvalue weighted by Gasteiger charge is -2.35. The molecule has 0 saturated carbocycles. The van der Waals surface area contributed by atoms with E-state index in [2.05, 4.69) is 0 Å². The second-order valence-electron chi connectivity index (χ2n) is 4.83. The van der Waals surface area contributed by atoms with E-state index >= 15 is 0 Å². The molecule has 1 heterocycles. The number of hydrogen-bond donors (Lipinski definition) is 1. The van der Waals surface area contributed by atoms with Gasteiger partial charge in [-0.15, -0.1) is 0 Å². The van der Waals surface area contributed by atoms with Crippen LogP contribution < -0.4 is 5.73 Å². The van der Waals surface area contributed by atoms with Crippen LogP contribution in [0.15, 0.2) is 23.1 Å². The van der Waals surface area contributed by atoms with Crippen LogP contribution in [0.3, 0.4) is 0 Å². The Balaban J connectivity index is 2.34. The van der Waals surface area contributed by atoms with Crippen molar-refractivity contribution in [3.63, 3.8) is 0 Å². The van der Waals surface area contributed by atoms with Crippen LogP contribution in [0, 0.1) is 11.6 Å². The molecule has 0 spiro atoms. The van der Waals surface area contributed by atoms with Crippen molar-refractivity contribution < 1.29 is 17.2 Å². The fourth-order valence-corrected chi connectivity index (χ4v) is 3.99. The minimum absolute atomic E-state index is 0.0218. The van der Waals surface area contributed by atoms with Gasteiger partial charge >= 0.3 is 0 Å². The van der Waals surface area contributed by atoms with E-state index < -0.39 is 21.7 Å². The molecule has 2 rings (SSSR count). The molecule has 19 heavy (non-hydrogen) atoms. The van der Waals surface area contributed by atoms with E-state index in [0.717, 1.165) is 12.1 Å². The number of sulfonamides is 1. The third kappa shape index (κ3) is 2.77. The van der Waals surface area contributed by atoms with E-state index in [1.54, 1.807) is 6.92 Å². The summed E-state index contributed by atoms with van der Waals surface area (Å²) in [6, 6.07) is 2.34. The maximum absolute atomic E-state index is 13.2. The predicted molar refractivity (Wildman–Crippen MR) is 66.9 cm³/mol. The highest BCUT2D eigenvalue weighted by Crippen LogP contribution is 2.25. The summed E-state index contributed by atoms with van der Waals surface area (Å²) in [6.45, 7) is 2.06. The van der Waals surface area contributed by atoms with Crippen LogP contribution in [0.2, 0.25) is 0 Å². The monoisotopic (exact) mass is 290 g/mol. The molecule has 1 aromatic rings. The number of halogens is 2. The summed E-state index contributed by atoms with van der Waals surface area (Å²) in [4.78, 5) is -0.228. The van der Waals surface area contributed by atoms with Gasteiger partial charge in [0, 0.05) is 18.6 Å². The number of nitrogens with zero attached hydrogens (tertiary/aromatic N) is 1. The first-order valence-corrected chi connectivity index (χ1v) is 7.49. The van der Waals surface area contributed by atoms with Gasteiger partial charge in [-0.05, 0) is 38.0 Å². The number of nitrogens with two attached hydrogens (primary N) is 1. The lowest BCUT2D eigenvalue weighted by atomic mass is 10.0. The van der Waals surface area contributed by atoms with Gasteiger partial charge in [0.05, 0.1) is 4.90 Å². The van der Waals surface area contributed by atoms with Gasteiger partial charge in [-0.3, -0.25) is 0 Å². The summed E-state index contributed by atoms with van der Waals surface area (Å²) in [5.41, 5.74) is 5.78. The Labute approximate surface area is 111 Å². The molecule has 0 radical (unpaired) electrons. The van der Waals surface area contributed by atoms with Crippen LogP contribution in [0.4, 0.5) is 8.78 Å².